The molecule has 0 aromatic rings. The van der Waals surface area contributed by atoms with Crippen molar-refractivity contribution in [2.75, 3.05) is 6.61 Å². The van der Waals surface area contributed by atoms with E-state index < -0.39 is 6.17 Å². The second kappa shape index (κ2) is 5.94. The summed E-state index contributed by atoms with van der Waals surface area (Å²) in [7, 11) is 0. The predicted molar refractivity (Wildman–Crippen MR) is 75.9 cm³/mol. The Balaban J connectivity index is 1.88. The Morgan fingerprint density at radius 3 is 2.79 bits per heavy atom. The molecular formula is C16H24FNO. The summed E-state index contributed by atoms with van der Waals surface area (Å²) in [6.07, 6.45) is 3.68. The second-order valence-corrected chi connectivity index (χ2v) is 6.32. The molecule has 3 heteroatoms. The quantitative estimate of drug-likeness (QED) is 0.712. The normalized spacial score (nSPS) is 33.1. The highest BCUT2D eigenvalue weighted by molar-refractivity contribution is 5.81. The Bertz CT molecular complexity index is 405. The molecular weight excluding hydrogens is 241 g/mol. The lowest BCUT2D eigenvalue weighted by molar-refractivity contribution is 0.141. The average Bonchev–Trinajstić information content (AvgIpc) is 2.70. The summed E-state index contributed by atoms with van der Waals surface area (Å²) in [5.74, 6) is 6.98. The van der Waals surface area contributed by atoms with Crippen molar-refractivity contribution >= 4 is 5.90 Å². The van der Waals surface area contributed by atoms with Crippen LogP contribution in [0.1, 0.15) is 52.9 Å². The summed E-state index contributed by atoms with van der Waals surface area (Å²) in [6.45, 7) is 6.50. The van der Waals surface area contributed by atoms with Gasteiger partial charge in [-0.1, -0.05) is 0 Å². The third-order valence-corrected chi connectivity index (χ3v) is 4.04. The lowest BCUT2D eigenvalue weighted by Gasteiger charge is -2.30. The van der Waals surface area contributed by atoms with Crippen molar-refractivity contribution in [1.29, 1.82) is 0 Å². The van der Waals surface area contributed by atoms with Gasteiger partial charge in [0.2, 0.25) is 0 Å². The summed E-state index contributed by atoms with van der Waals surface area (Å²) in [4.78, 5) is 4.53. The van der Waals surface area contributed by atoms with E-state index in [2.05, 4.69) is 16.8 Å². The Kier molecular flexibility index (Phi) is 4.50. The van der Waals surface area contributed by atoms with E-state index in [1.807, 2.05) is 20.8 Å². The third kappa shape index (κ3) is 3.72. The zero-order valence-electron chi connectivity index (χ0n) is 12.2. The second-order valence-electron chi connectivity index (χ2n) is 6.32. The SMILES string of the molecule is CC#CCCC1CCC(C2=NC(C)(C)CO2)C(F)C1. The minimum absolute atomic E-state index is 0.115. The van der Waals surface area contributed by atoms with E-state index in [1.165, 1.54) is 0 Å². The molecule has 2 nitrogen and oxygen atoms in total. The average molecular weight is 265 g/mol. The molecule has 1 saturated carbocycles. The maximum absolute atomic E-state index is 14.3. The zero-order chi connectivity index (χ0) is 13.9. The van der Waals surface area contributed by atoms with Crippen LogP contribution in [0.15, 0.2) is 4.99 Å². The number of nitrogens with zero attached hydrogens (tertiary/aromatic N) is 1. The molecule has 106 valence electrons. The van der Waals surface area contributed by atoms with Crippen LogP contribution >= 0.6 is 0 Å². The number of rotatable bonds is 3. The van der Waals surface area contributed by atoms with Crippen molar-refractivity contribution < 1.29 is 9.13 Å². The van der Waals surface area contributed by atoms with E-state index in [9.17, 15) is 4.39 Å². The molecule has 0 bridgehead atoms. The van der Waals surface area contributed by atoms with Gasteiger partial charge in [0.15, 0.2) is 5.90 Å². The van der Waals surface area contributed by atoms with Gasteiger partial charge in [0, 0.05) is 6.42 Å². The maximum atomic E-state index is 14.3. The fraction of sp³-hybridized carbons (Fsp3) is 0.812. The van der Waals surface area contributed by atoms with E-state index in [1.54, 1.807) is 0 Å². The first-order chi connectivity index (χ1) is 9.02. The van der Waals surface area contributed by atoms with Crippen LogP contribution in [0, 0.1) is 23.7 Å². The summed E-state index contributed by atoms with van der Waals surface area (Å²) in [6, 6.07) is 0. The molecule has 1 aliphatic carbocycles. The molecule has 0 aromatic heterocycles. The summed E-state index contributed by atoms with van der Waals surface area (Å²) < 4.78 is 19.9. The highest BCUT2D eigenvalue weighted by Gasteiger charge is 2.38. The maximum Gasteiger partial charge on any atom is 0.190 e. The van der Waals surface area contributed by atoms with Crippen LogP contribution < -0.4 is 0 Å². The number of hydrogen-bond acceptors (Lipinski definition) is 2. The Morgan fingerprint density at radius 1 is 1.42 bits per heavy atom. The van der Waals surface area contributed by atoms with Gasteiger partial charge in [-0.05, 0) is 52.4 Å². The van der Waals surface area contributed by atoms with Gasteiger partial charge in [0.25, 0.3) is 0 Å². The van der Waals surface area contributed by atoms with Crippen molar-refractivity contribution in [2.24, 2.45) is 16.8 Å². The van der Waals surface area contributed by atoms with Gasteiger partial charge in [-0.2, -0.15) is 0 Å². The smallest absolute Gasteiger partial charge is 0.190 e. The van der Waals surface area contributed by atoms with Crippen LogP contribution in [-0.2, 0) is 4.74 Å². The largest absolute Gasteiger partial charge is 0.478 e. The van der Waals surface area contributed by atoms with E-state index in [4.69, 9.17) is 4.74 Å². The molecule has 1 aliphatic heterocycles. The Morgan fingerprint density at radius 2 is 2.21 bits per heavy atom. The van der Waals surface area contributed by atoms with Gasteiger partial charge in [-0.25, -0.2) is 9.38 Å². The fourth-order valence-electron chi connectivity index (χ4n) is 2.94. The lowest BCUT2D eigenvalue weighted by atomic mass is 9.78. The zero-order valence-corrected chi connectivity index (χ0v) is 12.2. The highest BCUT2D eigenvalue weighted by atomic mass is 19.1. The van der Waals surface area contributed by atoms with Crippen molar-refractivity contribution in [1.82, 2.24) is 0 Å². The molecule has 3 unspecified atom stereocenters. The van der Waals surface area contributed by atoms with Gasteiger partial charge >= 0.3 is 0 Å². The first-order valence-electron chi connectivity index (χ1n) is 7.28. The van der Waals surface area contributed by atoms with Gasteiger partial charge in [0.1, 0.15) is 12.8 Å². The van der Waals surface area contributed by atoms with Crippen LogP contribution in [0.2, 0.25) is 0 Å². The minimum atomic E-state index is -0.805. The first kappa shape index (κ1) is 14.4. The fourth-order valence-corrected chi connectivity index (χ4v) is 2.94. The Hall–Kier alpha value is -1.04. The molecule has 0 N–H and O–H groups in total. The molecule has 19 heavy (non-hydrogen) atoms. The molecule has 3 atom stereocenters. The minimum Gasteiger partial charge on any atom is -0.478 e. The predicted octanol–water partition coefficient (Wildman–Crippen LogP) is 3.75. The highest BCUT2D eigenvalue weighted by Crippen LogP contribution is 2.36. The summed E-state index contributed by atoms with van der Waals surface area (Å²) in [5.41, 5.74) is -0.178. The van der Waals surface area contributed by atoms with Crippen molar-refractivity contribution in [3.63, 3.8) is 0 Å². The van der Waals surface area contributed by atoms with Gasteiger partial charge < -0.3 is 4.74 Å². The van der Waals surface area contributed by atoms with E-state index in [0.717, 1.165) is 25.7 Å². The van der Waals surface area contributed by atoms with Crippen molar-refractivity contribution in [3.8, 4) is 11.8 Å². The molecule has 0 radical (unpaired) electrons. The van der Waals surface area contributed by atoms with E-state index in [-0.39, 0.29) is 11.5 Å². The van der Waals surface area contributed by atoms with Crippen LogP contribution in [0.25, 0.3) is 0 Å². The Labute approximate surface area is 115 Å². The standard InChI is InChI=1S/C16H24FNO/c1-4-5-6-7-12-8-9-13(14(17)10-12)15-18-16(2,3)11-19-15/h12-14H,6-11H2,1-3H3. The van der Waals surface area contributed by atoms with Gasteiger partial charge in [-0.15, -0.1) is 11.8 Å². The molecule has 0 spiro atoms. The monoisotopic (exact) mass is 265 g/mol. The van der Waals surface area contributed by atoms with Crippen LogP contribution in [-0.4, -0.2) is 24.2 Å². The lowest BCUT2D eigenvalue weighted by Crippen LogP contribution is -2.32. The number of ether oxygens (including phenoxy) is 1. The van der Waals surface area contributed by atoms with Crippen molar-refractivity contribution in [3.05, 3.63) is 0 Å². The number of alkyl halides is 1. The van der Waals surface area contributed by atoms with Crippen LogP contribution in [0.4, 0.5) is 4.39 Å². The first-order valence-corrected chi connectivity index (χ1v) is 7.28. The van der Waals surface area contributed by atoms with E-state index in [0.29, 0.717) is 24.8 Å². The van der Waals surface area contributed by atoms with Crippen LogP contribution in [0.5, 0.6) is 0 Å². The number of aliphatic imine (C=N–C) groups is 1. The molecule has 2 aliphatic rings. The molecule has 2 rings (SSSR count). The van der Waals surface area contributed by atoms with Crippen LogP contribution in [0.3, 0.4) is 0 Å². The van der Waals surface area contributed by atoms with Gasteiger partial charge in [0.05, 0.1) is 11.5 Å². The summed E-state index contributed by atoms with van der Waals surface area (Å²) in [5, 5.41) is 0. The molecule has 1 fully saturated rings. The molecule has 0 saturated heterocycles. The van der Waals surface area contributed by atoms with Crippen molar-refractivity contribution in [2.45, 2.75) is 64.6 Å². The number of hydrogen-bond donors (Lipinski definition) is 0. The summed E-state index contributed by atoms with van der Waals surface area (Å²) >= 11 is 0. The third-order valence-electron chi connectivity index (χ3n) is 4.04. The topological polar surface area (TPSA) is 21.6 Å². The molecule has 0 amide bonds. The van der Waals surface area contributed by atoms with Gasteiger partial charge in [-0.3, -0.25) is 0 Å². The number of halogens is 1. The molecule has 0 aromatic carbocycles. The molecule has 1 heterocycles. The van der Waals surface area contributed by atoms with E-state index >= 15 is 0 Å².